The molecule has 5 rings (SSSR count). The van der Waals surface area contributed by atoms with Crippen molar-refractivity contribution in [1.82, 2.24) is 19.9 Å². The lowest BCUT2D eigenvalue weighted by molar-refractivity contribution is 0.268. The molecule has 4 aromatic rings. The summed E-state index contributed by atoms with van der Waals surface area (Å²) in [6.07, 6.45) is 5.08. The highest BCUT2D eigenvalue weighted by Crippen LogP contribution is 2.29. The minimum atomic E-state index is 0. The molecular formula is C26H31Cl3N4O2. The molecular weight excluding hydrogens is 507 g/mol. The van der Waals surface area contributed by atoms with E-state index in [2.05, 4.69) is 39.8 Å². The van der Waals surface area contributed by atoms with Gasteiger partial charge in [-0.15, -0.1) is 24.8 Å². The molecule has 1 fully saturated rings. The van der Waals surface area contributed by atoms with Crippen molar-refractivity contribution in [2.45, 2.75) is 39.7 Å². The van der Waals surface area contributed by atoms with Crippen molar-refractivity contribution >= 4 is 47.6 Å². The van der Waals surface area contributed by atoms with Gasteiger partial charge in [-0.1, -0.05) is 25.4 Å². The first-order chi connectivity index (χ1) is 16.0. The quantitative estimate of drug-likeness (QED) is 0.264. The third-order valence-corrected chi connectivity index (χ3v) is 6.09. The fourth-order valence-corrected chi connectivity index (χ4v) is 4.41. The summed E-state index contributed by atoms with van der Waals surface area (Å²) in [6.45, 7) is 8.18. The number of fused-ring (bicyclic) bond motifs is 1. The highest BCUT2D eigenvalue weighted by Gasteiger charge is 2.15. The van der Waals surface area contributed by atoms with Crippen LogP contribution in [0.3, 0.4) is 0 Å². The van der Waals surface area contributed by atoms with Crippen LogP contribution in [-0.2, 0) is 13.0 Å². The third kappa shape index (κ3) is 6.70. The Bertz CT molecular complexity index is 1250. The first-order valence-corrected chi connectivity index (χ1v) is 12.0. The second-order valence-electron chi connectivity index (χ2n) is 9.18. The number of aromatic nitrogens is 3. The van der Waals surface area contributed by atoms with Crippen molar-refractivity contribution in [1.29, 1.82) is 0 Å². The first-order valence-electron chi connectivity index (χ1n) is 11.6. The van der Waals surface area contributed by atoms with Gasteiger partial charge in [0, 0.05) is 29.7 Å². The Balaban J connectivity index is 0.00000171. The number of benzene rings is 1. The van der Waals surface area contributed by atoms with E-state index in [-0.39, 0.29) is 24.8 Å². The summed E-state index contributed by atoms with van der Waals surface area (Å²) >= 11 is 6.25. The Kier molecular flexibility index (Phi) is 9.47. The number of rotatable bonds is 8. The van der Waals surface area contributed by atoms with Crippen LogP contribution < -0.4 is 4.74 Å². The molecule has 0 bridgehead atoms. The molecule has 0 amide bonds. The molecule has 1 aliphatic rings. The van der Waals surface area contributed by atoms with Crippen LogP contribution in [-0.4, -0.2) is 39.5 Å². The molecule has 6 nitrogen and oxygen atoms in total. The molecule has 4 heterocycles. The molecule has 0 aliphatic carbocycles. The number of imidazole rings is 1. The summed E-state index contributed by atoms with van der Waals surface area (Å²) in [4.78, 5) is 15.0. The maximum atomic E-state index is 6.25. The molecule has 1 aromatic carbocycles. The van der Waals surface area contributed by atoms with Gasteiger partial charge >= 0.3 is 0 Å². The van der Waals surface area contributed by atoms with Crippen LogP contribution in [0, 0.1) is 5.92 Å². The van der Waals surface area contributed by atoms with Gasteiger partial charge < -0.3 is 14.1 Å². The Morgan fingerprint density at radius 1 is 1.11 bits per heavy atom. The molecule has 35 heavy (non-hydrogen) atoms. The van der Waals surface area contributed by atoms with E-state index < -0.39 is 0 Å². The molecule has 3 aromatic heterocycles. The topological polar surface area (TPSA) is 67.2 Å². The van der Waals surface area contributed by atoms with Gasteiger partial charge in [0.15, 0.2) is 17.2 Å². The minimum absolute atomic E-state index is 0. The van der Waals surface area contributed by atoms with Crippen LogP contribution in [0.15, 0.2) is 47.0 Å². The molecule has 0 atom stereocenters. The van der Waals surface area contributed by atoms with Crippen LogP contribution in [0.5, 0.6) is 5.75 Å². The minimum Gasteiger partial charge on any atom is -0.493 e. The number of nitrogens with one attached hydrogen (secondary N) is 1. The number of pyridine rings is 1. The molecule has 1 saturated heterocycles. The molecule has 188 valence electrons. The van der Waals surface area contributed by atoms with E-state index in [1.165, 1.54) is 18.4 Å². The smallest absolute Gasteiger partial charge is 0.178 e. The van der Waals surface area contributed by atoms with Crippen LogP contribution in [0.1, 0.15) is 43.6 Å². The second-order valence-corrected chi connectivity index (χ2v) is 9.62. The Morgan fingerprint density at radius 3 is 2.69 bits per heavy atom. The van der Waals surface area contributed by atoms with Crippen LogP contribution in [0.25, 0.3) is 22.7 Å². The van der Waals surface area contributed by atoms with Crippen molar-refractivity contribution < 1.29 is 9.15 Å². The van der Waals surface area contributed by atoms with Gasteiger partial charge in [-0.05, 0) is 73.8 Å². The lowest BCUT2D eigenvalue weighted by Gasteiger charge is -2.13. The lowest BCUT2D eigenvalue weighted by Crippen LogP contribution is -2.18. The van der Waals surface area contributed by atoms with Crippen LogP contribution in [0.2, 0.25) is 5.02 Å². The van der Waals surface area contributed by atoms with Gasteiger partial charge in [0.05, 0.1) is 12.1 Å². The van der Waals surface area contributed by atoms with Crippen molar-refractivity contribution in [3.63, 3.8) is 0 Å². The highest BCUT2D eigenvalue weighted by molar-refractivity contribution is 6.30. The number of hydrogen-bond donors (Lipinski definition) is 1. The highest BCUT2D eigenvalue weighted by atomic mass is 35.5. The van der Waals surface area contributed by atoms with E-state index in [0.717, 1.165) is 42.2 Å². The number of H-pyrrole nitrogens is 1. The Hall–Kier alpha value is -2.25. The number of likely N-dealkylation sites (tertiary alicyclic amines) is 1. The van der Waals surface area contributed by atoms with E-state index in [1.807, 2.05) is 36.5 Å². The standard InChI is InChI=1S/C26H29ClN4O2.2ClH/c1-17(2)16-32-23-7-5-20(27)12-19(23)13-21-6-8-24(33-21)26-29-22-11-18(14-28-25(22)30-26)15-31-9-3-4-10-31;;/h5-8,11-12,14,17H,3-4,9-10,13,15-16H2,1-2H3,(H,28,29,30);2*1H. The van der Waals surface area contributed by atoms with E-state index in [9.17, 15) is 0 Å². The Labute approximate surface area is 223 Å². The predicted octanol–water partition coefficient (Wildman–Crippen LogP) is 6.94. The average Bonchev–Trinajstić information content (AvgIpc) is 3.53. The van der Waals surface area contributed by atoms with E-state index in [0.29, 0.717) is 41.2 Å². The molecule has 1 N–H and O–H groups in total. The summed E-state index contributed by atoms with van der Waals surface area (Å²) in [5.74, 6) is 3.48. The number of nitrogens with zero attached hydrogens (tertiary/aromatic N) is 3. The molecule has 1 aliphatic heterocycles. The number of hydrogen-bond acceptors (Lipinski definition) is 5. The van der Waals surface area contributed by atoms with Gasteiger partial charge in [0.25, 0.3) is 0 Å². The predicted molar refractivity (Wildman–Crippen MR) is 145 cm³/mol. The zero-order valence-corrected chi connectivity index (χ0v) is 22.3. The average molecular weight is 538 g/mol. The van der Waals surface area contributed by atoms with Crippen molar-refractivity contribution in [3.05, 3.63) is 64.5 Å². The molecule has 0 unspecified atom stereocenters. The maximum Gasteiger partial charge on any atom is 0.178 e. The fraction of sp³-hybridized carbons (Fsp3) is 0.385. The number of ether oxygens (including phenoxy) is 1. The van der Waals surface area contributed by atoms with Crippen LogP contribution >= 0.6 is 36.4 Å². The molecule has 0 saturated carbocycles. The van der Waals surface area contributed by atoms with Crippen molar-refractivity contribution in [2.24, 2.45) is 5.92 Å². The maximum absolute atomic E-state index is 6.25. The number of furan rings is 1. The molecule has 9 heteroatoms. The van der Waals surface area contributed by atoms with Gasteiger partial charge in [0.1, 0.15) is 11.5 Å². The zero-order valence-electron chi connectivity index (χ0n) is 19.9. The third-order valence-electron chi connectivity index (χ3n) is 5.85. The van der Waals surface area contributed by atoms with Crippen molar-refractivity contribution in [2.75, 3.05) is 19.7 Å². The summed E-state index contributed by atoms with van der Waals surface area (Å²) in [7, 11) is 0. The fourth-order valence-electron chi connectivity index (χ4n) is 4.22. The van der Waals surface area contributed by atoms with Gasteiger partial charge in [-0.25, -0.2) is 9.97 Å². The number of aromatic amines is 1. The number of halogens is 3. The zero-order chi connectivity index (χ0) is 22.8. The first kappa shape index (κ1) is 27.3. The second kappa shape index (κ2) is 12.1. The largest absolute Gasteiger partial charge is 0.493 e. The summed E-state index contributed by atoms with van der Waals surface area (Å²) in [5.41, 5.74) is 3.84. The van der Waals surface area contributed by atoms with Crippen molar-refractivity contribution in [3.8, 4) is 17.3 Å². The van der Waals surface area contributed by atoms with Gasteiger partial charge in [-0.2, -0.15) is 0 Å². The van der Waals surface area contributed by atoms with Gasteiger partial charge in [0.2, 0.25) is 0 Å². The molecule has 0 radical (unpaired) electrons. The van der Waals surface area contributed by atoms with Crippen LogP contribution in [0.4, 0.5) is 0 Å². The lowest BCUT2D eigenvalue weighted by atomic mass is 10.1. The normalized spacial score (nSPS) is 13.7. The van der Waals surface area contributed by atoms with E-state index in [1.54, 1.807) is 0 Å². The van der Waals surface area contributed by atoms with E-state index >= 15 is 0 Å². The SMILES string of the molecule is CC(C)COc1ccc(Cl)cc1Cc1ccc(-c2nc3ncc(CN4CCCC4)cc3[nH]2)o1.Cl.Cl. The summed E-state index contributed by atoms with van der Waals surface area (Å²) < 4.78 is 12.1. The monoisotopic (exact) mass is 536 g/mol. The molecule has 0 spiro atoms. The summed E-state index contributed by atoms with van der Waals surface area (Å²) in [5, 5.41) is 0.682. The van der Waals surface area contributed by atoms with Gasteiger partial charge in [-0.3, -0.25) is 4.90 Å². The summed E-state index contributed by atoms with van der Waals surface area (Å²) in [6, 6.07) is 11.8. The van der Waals surface area contributed by atoms with E-state index in [4.69, 9.17) is 20.8 Å². The Morgan fingerprint density at radius 2 is 1.91 bits per heavy atom.